The Morgan fingerprint density at radius 2 is 1.93 bits per heavy atom. The number of amides is 3. The van der Waals surface area contributed by atoms with E-state index in [1.165, 1.54) is 19.3 Å². The van der Waals surface area contributed by atoms with Crippen molar-refractivity contribution in [1.82, 2.24) is 15.1 Å². The van der Waals surface area contributed by atoms with Crippen LogP contribution in [0.2, 0.25) is 0 Å². The van der Waals surface area contributed by atoms with Crippen molar-refractivity contribution in [2.75, 3.05) is 37.8 Å². The molecule has 9 heteroatoms. The summed E-state index contributed by atoms with van der Waals surface area (Å²) in [6, 6.07) is 7.01. The highest BCUT2D eigenvalue weighted by Gasteiger charge is 2.72. The van der Waals surface area contributed by atoms with Crippen molar-refractivity contribution in [3.8, 4) is 0 Å². The van der Waals surface area contributed by atoms with Gasteiger partial charge in [-0.2, -0.15) is 0 Å². The molecule has 2 bridgehead atoms. The molecule has 234 valence electrons. The maximum absolute atomic E-state index is 14.3. The summed E-state index contributed by atoms with van der Waals surface area (Å²) in [5.41, 5.74) is -0.427. The molecule has 1 aromatic carbocycles. The second kappa shape index (κ2) is 12.6. The largest absolute Gasteiger partial charge is 0.359 e. The third-order valence-electron chi connectivity index (χ3n) is 10.9. The number of thioether (sulfide) groups is 1. The molecular formula is C34H48N4O4S. The van der Waals surface area contributed by atoms with Crippen molar-refractivity contribution in [2.24, 2.45) is 29.6 Å². The highest BCUT2D eigenvalue weighted by molar-refractivity contribution is 7.98. The van der Waals surface area contributed by atoms with Crippen LogP contribution in [0.5, 0.6) is 0 Å². The van der Waals surface area contributed by atoms with Crippen molar-refractivity contribution >= 4 is 35.2 Å². The lowest BCUT2D eigenvalue weighted by Crippen LogP contribution is -2.58. The van der Waals surface area contributed by atoms with Crippen LogP contribution in [-0.2, 0) is 19.1 Å². The van der Waals surface area contributed by atoms with Crippen LogP contribution in [0, 0.1) is 29.6 Å². The van der Waals surface area contributed by atoms with E-state index in [1.807, 2.05) is 42.7 Å². The number of benzene rings is 1. The van der Waals surface area contributed by atoms with Gasteiger partial charge in [0.25, 0.3) is 0 Å². The average Bonchev–Trinajstić information content (AvgIpc) is 3.63. The minimum atomic E-state index is -1.13. The third-order valence-corrected chi connectivity index (χ3v) is 11.6. The van der Waals surface area contributed by atoms with Gasteiger partial charge in [0.1, 0.15) is 11.6 Å². The molecule has 0 radical (unpaired) electrons. The molecule has 5 aliphatic rings. The minimum absolute atomic E-state index is 0.0730. The fourth-order valence-electron chi connectivity index (χ4n) is 8.44. The van der Waals surface area contributed by atoms with Crippen LogP contribution < -0.4 is 10.6 Å². The number of carbonyl (C=O) groups excluding carboxylic acids is 3. The second-order valence-corrected chi connectivity index (χ2v) is 14.6. The van der Waals surface area contributed by atoms with E-state index in [-0.39, 0.29) is 23.8 Å². The minimum Gasteiger partial charge on any atom is -0.359 e. The molecule has 2 N–H and O–H groups in total. The molecule has 0 aromatic heterocycles. The number of hydrogen-bond acceptors (Lipinski definition) is 6. The maximum atomic E-state index is 14.3. The Morgan fingerprint density at radius 1 is 1.09 bits per heavy atom. The zero-order valence-electron chi connectivity index (χ0n) is 26.1. The summed E-state index contributed by atoms with van der Waals surface area (Å²) >= 11 is 1.61. The van der Waals surface area contributed by atoms with Gasteiger partial charge in [0.2, 0.25) is 17.7 Å². The van der Waals surface area contributed by atoms with Gasteiger partial charge in [0.15, 0.2) is 0 Å². The molecule has 4 heterocycles. The van der Waals surface area contributed by atoms with Gasteiger partial charge in [0, 0.05) is 29.7 Å². The predicted molar refractivity (Wildman–Crippen MR) is 170 cm³/mol. The number of rotatable bonds is 9. The van der Waals surface area contributed by atoms with Gasteiger partial charge in [-0.25, -0.2) is 0 Å². The molecule has 3 amide bonds. The van der Waals surface area contributed by atoms with Crippen molar-refractivity contribution in [3.63, 3.8) is 0 Å². The van der Waals surface area contributed by atoms with E-state index < -0.39 is 29.6 Å². The SMILES string of the molecule is CSc1cccc(NC(=O)[C@H]2[C@H]3C=C[C@@]4(O3)[C@H]2C(=O)N(CCCN2CCC[C@H](C)C2)[C@@H]4C(=O)N[C@@H]2CCC[C@H](C)[C@@H]2C)c1. The first-order chi connectivity index (χ1) is 20.7. The molecule has 4 aliphatic heterocycles. The monoisotopic (exact) mass is 608 g/mol. The molecule has 1 saturated carbocycles. The smallest absolute Gasteiger partial charge is 0.246 e. The quantitative estimate of drug-likeness (QED) is 0.316. The molecule has 43 heavy (non-hydrogen) atoms. The predicted octanol–water partition coefficient (Wildman–Crippen LogP) is 4.56. The van der Waals surface area contributed by atoms with Gasteiger partial charge < -0.3 is 25.2 Å². The van der Waals surface area contributed by atoms with E-state index in [0.29, 0.717) is 30.0 Å². The summed E-state index contributed by atoms with van der Waals surface area (Å²) < 4.78 is 6.57. The van der Waals surface area contributed by atoms with Crippen molar-refractivity contribution < 1.29 is 19.1 Å². The molecule has 8 nitrogen and oxygen atoms in total. The molecule has 3 saturated heterocycles. The van der Waals surface area contributed by atoms with Crippen LogP contribution in [-0.4, -0.2) is 83.7 Å². The van der Waals surface area contributed by atoms with E-state index >= 15 is 0 Å². The normalized spacial score (nSPS) is 37.0. The zero-order valence-corrected chi connectivity index (χ0v) is 26.9. The molecule has 0 unspecified atom stereocenters. The van der Waals surface area contributed by atoms with Crippen LogP contribution in [0.3, 0.4) is 0 Å². The van der Waals surface area contributed by atoms with Crippen LogP contribution >= 0.6 is 11.8 Å². The van der Waals surface area contributed by atoms with Gasteiger partial charge >= 0.3 is 0 Å². The van der Waals surface area contributed by atoms with E-state index in [9.17, 15) is 14.4 Å². The molecule has 6 rings (SSSR count). The topological polar surface area (TPSA) is 91.0 Å². The first-order valence-corrected chi connectivity index (χ1v) is 17.6. The zero-order chi connectivity index (χ0) is 30.3. The summed E-state index contributed by atoms with van der Waals surface area (Å²) in [6.45, 7) is 10.3. The fourth-order valence-corrected chi connectivity index (χ4v) is 8.90. The number of nitrogens with zero attached hydrogens (tertiary/aromatic N) is 2. The number of ether oxygens (including phenoxy) is 1. The Bertz CT molecular complexity index is 1260. The number of anilines is 1. The third kappa shape index (κ3) is 5.77. The summed E-state index contributed by atoms with van der Waals surface area (Å²) in [4.78, 5) is 47.7. The Hall–Kier alpha value is -2.36. The standard InChI is InChI=1S/C34H48N4O4S/c1-21-9-7-16-37(20-21)17-8-18-38-30(32(40)36-26-13-5-10-22(2)23(26)3)34-15-14-27(42-34)28(29(34)33(38)41)31(39)35-24-11-6-12-25(19-24)43-4/h6,11-12,14-15,19,21-23,26-30H,5,7-10,13,16-18,20H2,1-4H3,(H,35,39)(H,36,40)/t21-,22-,23-,26+,27+,28-,29+,30+,34+/m0/s1. The summed E-state index contributed by atoms with van der Waals surface area (Å²) in [7, 11) is 0. The van der Waals surface area contributed by atoms with Crippen molar-refractivity contribution in [2.45, 2.75) is 88.0 Å². The lowest BCUT2D eigenvalue weighted by molar-refractivity contribution is -0.141. The van der Waals surface area contributed by atoms with Crippen LogP contribution in [0.1, 0.15) is 59.3 Å². The van der Waals surface area contributed by atoms with E-state index in [1.54, 1.807) is 16.7 Å². The highest BCUT2D eigenvalue weighted by Crippen LogP contribution is 2.55. The van der Waals surface area contributed by atoms with Gasteiger partial charge in [-0.05, 0) is 81.0 Å². The van der Waals surface area contributed by atoms with Gasteiger partial charge in [-0.15, -0.1) is 11.8 Å². The van der Waals surface area contributed by atoms with E-state index in [4.69, 9.17) is 4.74 Å². The highest BCUT2D eigenvalue weighted by atomic mass is 32.2. The lowest BCUT2D eigenvalue weighted by Gasteiger charge is -2.38. The molecule has 4 fully saturated rings. The molecule has 1 aliphatic carbocycles. The van der Waals surface area contributed by atoms with Gasteiger partial charge in [-0.3, -0.25) is 14.4 Å². The first-order valence-electron chi connectivity index (χ1n) is 16.4. The number of piperidine rings is 1. The Morgan fingerprint density at radius 3 is 2.72 bits per heavy atom. The van der Waals surface area contributed by atoms with Crippen LogP contribution in [0.15, 0.2) is 41.3 Å². The lowest BCUT2D eigenvalue weighted by atomic mass is 9.73. The second-order valence-electron chi connectivity index (χ2n) is 13.7. The molecule has 1 aromatic rings. The van der Waals surface area contributed by atoms with E-state index in [0.717, 1.165) is 43.8 Å². The summed E-state index contributed by atoms with van der Waals surface area (Å²) in [5, 5.41) is 6.42. The first kappa shape index (κ1) is 30.7. The summed E-state index contributed by atoms with van der Waals surface area (Å²) in [5.74, 6) is -0.338. The number of likely N-dealkylation sites (tertiary alicyclic amines) is 2. The van der Waals surface area contributed by atoms with Gasteiger partial charge in [-0.1, -0.05) is 51.8 Å². The fraction of sp³-hybridized carbons (Fsp3) is 0.676. The maximum Gasteiger partial charge on any atom is 0.246 e. The number of hydrogen-bond donors (Lipinski definition) is 2. The van der Waals surface area contributed by atoms with Gasteiger partial charge in [0.05, 0.1) is 17.9 Å². The number of fused-ring (bicyclic) bond motifs is 1. The van der Waals surface area contributed by atoms with Crippen molar-refractivity contribution in [1.29, 1.82) is 0 Å². The number of nitrogens with one attached hydrogen (secondary N) is 2. The average molecular weight is 609 g/mol. The van der Waals surface area contributed by atoms with Crippen LogP contribution in [0.25, 0.3) is 0 Å². The van der Waals surface area contributed by atoms with Crippen molar-refractivity contribution in [3.05, 3.63) is 36.4 Å². The molecule has 9 atom stereocenters. The Balaban J connectivity index is 1.24. The number of carbonyl (C=O) groups is 3. The van der Waals surface area contributed by atoms with E-state index in [2.05, 4.69) is 36.3 Å². The van der Waals surface area contributed by atoms with Crippen LogP contribution in [0.4, 0.5) is 5.69 Å². The summed E-state index contributed by atoms with van der Waals surface area (Å²) in [6.07, 6.45) is 11.7. The molecular weight excluding hydrogens is 560 g/mol. The molecule has 1 spiro atoms. The Labute approximate surface area is 260 Å². The Kier molecular flexibility index (Phi) is 8.96.